The van der Waals surface area contributed by atoms with E-state index in [2.05, 4.69) is 15.3 Å². The van der Waals surface area contributed by atoms with Gasteiger partial charge in [0.1, 0.15) is 11.5 Å². The summed E-state index contributed by atoms with van der Waals surface area (Å²) in [7, 11) is 0. The lowest BCUT2D eigenvalue weighted by molar-refractivity contribution is -0.111. The maximum atomic E-state index is 11.8. The van der Waals surface area contributed by atoms with Gasteiger partial charge in [0.2, 0.25) is 5.91 Å². The van der Waals surface area contributed by atoms with E-state index in [0.717, 1.165) is 11.3 Å². The van der Waals surface area contributed by atoms with Crippen LogP contribution in [0, 0.1) is 0 Å². The van der Waals surface area contributed by atoms with Crippen molar-refractivity contribution in [2.75, 3.05) is 5.32 Å². The minimum atomic E-state index is -0.268. The van der Waals surface area contributed by atoms with Gasteiger partial charge in [0.15, 0.2) is 0 Å². The van der Waals surface area contributed by atoms with Crippen LogP contribution >= 0.6 is 11.6 Å². The molecule has 21 heavy (non-hydrogen) atoms. The normalized spacial score (nSPS) is 11.1. The Labute approximate surface area is 125 Å². The van der Waals surface area contributed by atoms with Crippen molar-refractivity contribution < 1.29 is 4.79 Å². The fourth-order valence-corrected chi connectivity index (χ4v) is 1.97. The van der Waals surface area contributed by atoms with Crippen LogP contribution in [-0.4, -0.2) is 20.3 Å². The SMILES string of the molecule is O=C(/C=C/c1cnc2ccccn12)Nc1ccc(Cl)cn1. The summed E-state index contributed by atoms with van der Waals surface area (Å²) in [5.41, 5.74) is 1.65. The Morgan fingerprint density at radius 2 is 2.10 bits per heavy atom. The van der Waals surface area contributed by atoms with Crippen LogP contribution in [0.4, 0.5) is 5.82 Å². The monoisotopic (exact) mass is 298 g/mol. The molecule has 0 aromatic carbocycles. The number of carbonyl (C=O) groups excluding carboxylic acids is 1. The van der Waals surface area contributed by atoms with Crippen LogP contribution in [0.15, 0.2) is 55.0 Å². The predicted octanol–water partition coefficient (Wildman–Crippen LogP) is 3.03. The molecule has 0 aliphatic heterocycles. The summed E-state index contributed by atoms with van der Waals surface area (Å²) in [5, 5.41) is 3.18. The fourth-order valence-electron chi connectivity index (χ4n) is 1.85. The van der Waals surface area contributed by atoms with Gasteiger partial charge in [0.05, 0.1) is 16.9 Å². The molecule has 3 heterocycles. The predicted molar refractivity (Wildman–Crippen MR) is 82.1 cm³/mol. The molecule has 0 spiro atoms. The Bertz CT molecular complexity index is 808. The number of rotatable bonds is 3. The lowest BCUT2D eigenvalue weighted by Crippen LogP contribution is -2.08. The number of anilines is 1. The van der Waals surface area contributed by atoms with E-state index in [1.165, 1.54) is 12.3 Å². The van der Waals surface area contributed by atoms with Crippen molar-refractivity contribution in [3.63, 3.8) is 0 Å². The van der Waals surface area contributed by atoms with Gasteiger partial charge in [0, 0.05) is 18.5 Å². The fraction of sp³-hybridized carbons (Fsp3) is 0. The van der Waals surface area contributed by atoms with Crippen molar-refractivity contribution in [2.24, 2.45) is 0 Å². The summed E-state index contributed by atoms with van der Waals surface area (Å²) in [5.74, 6) is 0.183. The van der Waals surface area contributed by atoms with Crippen molar-refractivity contribution >= 4 is 35.0 Å². The minimum Gasteiger partial charge on any atom is -0.307 e. The third kappa shape index (κ3) is 3.09. The number of carbonyl (C=O) groups is 1. The Kier molecular flexibility index (Phi) is 3.66. The first kappa shape index (κ1) is 13.3. The van der Waals surface area contributed by atoms with E-state index in [1.54, 1.807) is 24.4 Å². The Morgan fingerprint density at radius 3 is 2.90 bits per heavy atom. The molecule has 3 aromatic heterocycles. The highest BCUT2D eigenvalue weighted by atomic mass is 35.5. The molecule has 3 aromatic rings. The Morgan fingerprint density at radius 1 is 1.19 bits per heavy atom. The van der Waals surface area contributed by atoms with Gasteiger partial charge in [-0.3, -0.25) is 4.79 Å². The van der Waals surface area contributed by atoms with Crippen LogP contribution < -0.4 is 5.32 Å². The molecular weight excluding hydrogens is 288 g/mol. The second-order valence-corrected chi connectivity index (χ2v) is 4.73. The lowest BCUT2D eigenvalue weighted by Gasteiger charge is -2.00. The number of hydrogen-bond donors (Lipinski definition) is 1. The van der Waals surface area contributed by atoms with Crippen LogP contribution in [0.2, 0.25) is 5.02 Å². The third-order valence-corrected chi connectivity index (χ3v) is 3.05. The standard InChI is InChI=1S/C15H11ClN4O/c16-11-4-6-13(17-9-11)19-15(21)7-5-12-10-18-14-3-1-2-8-20(12)14/h1-10H,(H,17,19,21)/b7-5+. The highest BCUT2D eigenvalue weighted by molar-refractivity contribution is 6.30. The van der Waals surface area contributed by atoms with E-state index in [-0.39, 0.29) is 5.91 Å². The summed E-state index contributed by atoms with van der Waals surface area (Å²) in [6, 6.07) is 9.02. The maximum Gasteiger partial charge on any atom is 0.249 e. The van der Waals surface area contributed by atoms with Crippen LogP contribution in [-0.2, 0) is 4.79 Å². The van der Waals surface area contributed by atoms with Gasteiger partial charge in [-0.15, -0.1) is 0 Å². The molecule has 0 saturated heterocycles. The van der Waals surface area contributed by atoms with E-state index in [0.29, 0.717) is 10.8 Å². The minimum absolute atomic E-state index is 0.268. The largest absolute Gasteiger partial charge is 0.307 e. The Hall–Kier alpha value is -2.66. The highest BCUT2D eigenvalue weighted by Gasteiger charge is 2.01. The molecule has 104 valence electrons. The van der Waals surface area contributed by atoms with E-state index >= 15 is 0 Å². The lowest BCUT2D eigenvalue weighted by atomic mass is 10.3. The van der Waals surface area contributed by atoms with Crippen LogP contribution in [0.5, 0.6) is 0 Å². The van der Waals surface area contributed by atoms with E-state index < -0.39 is 0 Å². The van der Waals surface area contributed by atoms with Crippen LogP contribution in [0.3, 0.4) is 0 Å². The summed E-state index contributed by atoms with van der Waals surface area (Å²) < 4.78 is 1.89. The van der Waals surface area contributed by atoms with E-state index in [4.69, 9.17) is 11.6 Å². The molecule has 0 saturated carbocycles. The number of nitrogens with one attached hydrogen (secondary N) is 1. The molecule has 1 N–H and O–H groups in total. The van der Waals surface area contributed by atoms with E-state index in [1.807, 2.05) is 28.8 Å². The average molecular weight is 299 g/mol. The number of halogens is 1. The summed E-state index contributed by atoms with van der Waals surface area (Å²) in [6.07, 6.45) is 8.21. The number of aromatic nitrogens is 3. The van der Waals surface area contributed by atoms with Crippen molar-refractivity contribution in [1.29, 1.82) is 0 Å². The molecule has 3 rings (SSSR count). The molecule has 6 heteroatoms. The van der Waals surface area contributed by atoms with Gasteiger partial charge >= 0.3 is 0 Å². The average Bonchev–Trinajstić information content (AvgIpc) is 2.91. The third-order valence-electron chi connectivity index (χ3n) is 2.83. The number of amides is 1. The molecule has 0 aliphatic rings. The van der Waals surface area contributed by atoms with Gasteiger partial charge < -0.3 is 9.72 Å². The second kappa shape index (κ2) is 5.76. The zero-order chi connectivity index (χ0) is 14.7. The van der Waals surface area contributed by atoms with Crippen molar-refractivity contribution in [2.45, 2.75) is 0 Å². The Balaban J connectivity index is 1.73. The van der Waals surface area contributed by atoms with Gasteiger partial charge in [-0.05, 0) is 30.3 Å². The number of nitrogens with zero attached hydrogens (tertiary/aromatic N) is 3. The first-order chi connectivity index (χ1) is 10.2. The zero-order valence-corrected chi connectivity index (χ0v) is 11.7. The van der Waals surface area contributed by atoms with Gasteiger partial charge in [-0.1, -0.05) is 17.7 Å². The first-order valence-electron chi connectivity index (χ1n) is 6.25. The molecule has 0 atom stereocenters. The quantitative estimate of drug-likeness (QED) is 0.756. The van der Waals surface area contributed by atoms with Crippen molar-refractivity contribution in [1.82, 2.24) is 14.4 Å². The summed E-state index contributed by atoms with van der Waals surface area (Å²) >= 11 is 5.73. The number of pyridine rings is 2. The van der Waals surface area contributed by atoms with Crippen LogP contribution in [0.25, 0.3) is 11.7 Å². The smallest absolute Gasteiger partial charge is 0.249 e. The van der Waals surface area contributed by atoms with Crippen molar-refractivity contribution in [3.8, 4) is 0 Å². The van der Waals surface area contributed by atoms with E-state index in [9.17, 15) is 4.79 Å². The molecule has 0 aliphatic carbocycles. The molecule has 0 radical (unpaired) electrons. The number of fused-ring (bicyclic) bond motifs is 1. The first-order valence-corrected chi connectivity index (χ1v) is 6.63. The maximum absolute atomic E-state index is 11.8. The molecule has 0 fully saturated rings. The summed E-state index contributed by atoms with van der Waals surface area (Å²) in [6.45, 7) is 0. The van der Waals surface area contributed by atoms with Crippen LogP contribution in [0.1, 0.15) is 5.69 Å². The topological polar surface area (TPSA) is 59.3 Å². The molecule has 0 bridgehead atoms. The molecule has 0 unspecified atom stereocenters. The number of imidazole rings is 1. The van der Waals surface area contributed by atoms with Gasteiger partial charge in [0.25, 0.3) is 0 Å². The van der Waals surface area contributed by atoms with Gasteiger partial charge in [-0.25, -0.2) is 9.97 Å². The second-order valence-electron chi connectivity index (χ2n) is 4.30. The molecular formula is C15H11ClN4O. The molecule has 1 amide bonds. The summed E-state index contributed by atoms with van der Waals surface area (Å²) in [4.78, 5) is 20.1. The highest BCUT2D eigenvalue weighted by Crippen LogP contribution is 2.10. The van der Waals surface area contributed by atoms with Crippen molar-refractivity contribution in [3.05, 3.63) is 65.7 Å². The zero-order valence-electron chi connectivity index (χ0n) is 10.9. The van der Waals surface area contributed by atoms with Gasteiger partial charge in [-0.2, -0.15) is 0 Å². The number of hydrogen-bond acceptors (Lipinski definition) is 3. The molecule has 5 nitrogen and oxygen atoms in total.